The fourth-order valence-corrected chi connectivity index (χ4v) is 2.79. The molecule has 0 fully saturated rings. The normalized spacial score (nSPS) is 17.8. The average Bonchev–Trinajstić information content (AvgIpc) is 2.43. The molecule has 0 spiro atoms. The summed E-state index contributed by atoms with van der Waals surface area (Å²) in [5.74, 6) is 1.27. The molecule has 3 nitrogen and oxygen atoms in total. The lowest BCUT2D eigenvalue weighted by atomic mass is 9.90. The van der Waals surface area contributed by atoms with Crippen LogP contribution in [0.25, 0.3) is 0 Å². The molecule has 1 unspecified atom stereocenters. The molecular formula is C14H20N2OS. The summed E-state index contributed by atoms with van der Waals surface area (Å²) in [6.07, 6.45) is 2.96. The van der Waals surface area contributed by atoms with Crippen LogP contribution in [-0.4, -0.2) is 43.0 Å². The Morgan fingerprint density at radius 2 is 2.28 bits per heavy atom. The summed E-state index contributed by atoms with van der Waals surface area (Å²) in [6.45, 7) is 1.70. The SMILES string of the molecule is CSCCN(C)C(=O)C1CCNc2ccccc21. The van der Waals surface area contributed by atoms with Gasteiger partial charge in [-0.25, -0.2) is 0 Å². The highest BCUT2D eigenvalue weighted by Gasteiger charge is 2.28. The zero-order valence-corrected chi connectivity index (χ0v) is 11.8. The molecule has 0 aromatic heterocycles. The third-order valence-corrected chi connectivity index (χ3v) is 3.98. The van der Waals surface area contributed by atoms with Gasteiger partial charge in [0.15, 0.2) is 0 Å². The van der Waals surface area contributed by atoms with Crippen LogP contribution < -0.4 is 5.32 Å². The quantitative estimate of drug-likeness (QED) is 0.906. The summed E-state index contributed by atoms with van der Waals surface area (Å²) in [5, 5.41) is 3.35. The molecule has 0 bridgehead atoms. The summed E-state index contributed by atoms with van der Waals surface area (Å²) in [4.78, 5) is 14.3. The fourth-order valence-electron chi connectivity index (χ4n) is 2.33. The number of hydrogen-bond acceptors (Lipinski definition) is 3. The lowest BCUT2D eigenvalue weighted by molar-refractivity contribution is -0.131. The van der Waals surface area contributed by atoms with E-state index in [-0.39, 0.29) is 11.8 Å². The number of likely N-dealkylation sites (N-methyl/N-ethyl adjacent to an activating group) is 1. The molecule has 1 aromatic carbocycles. The van der Waals surface area contributed by atoms with Crippen LogP contribution in [0.3, 0.4) is 0 Å². The number of nitrogens with one attached hydrogen (secondary N) is 1. The van der Waals surface area contributed by atoms with Crippen molar-refractivity contribution in [3.8, 4) is 0 Å². The molecule has 2 rings (SSSR count). The van der Waals surface area contributed by atoms with E-state index in [1.165, 1.54) is 0 Å². The van der Waals surface area contributed by atoms with Crippen molar-refractivity contribution in [3.63, 3.8) is 0 Å². The molecule has 18 heavy (non-hydrogen) atoms. The Morgan fingerprint density at radius 1 is 1.50 bits per heavy atom. The van der Waals surface area contributed by atoms with Gasteiger partial charge >= 0.3 is 0 Å². The molecule has 1 heterocycles. The first-order valence-corrected chi connectivity index (χ1v) is 7.70. The van der Waals surface area contributed by atoms with Gasteiger partial charge in [-0.05, 0) is 24.3 Å². The van der Waals surface area contributed by atoms with Gasteiger partial charge in [-0.2, -0.15) is 11.8 Å². The van der Waals surface area contributed by atoms with Crippen LogP contribution in [0.4, 0.5) is 5.69 Å². The van der Waals surface area contributed by atoms with Gasteiger partial charge in [0.2, 0.25) is 5.91 Å². The van der Waals surface area contributed by atoms with E-state index in [9.17, 15) is 4.79 Å². The van der Waals surface area contributed by atoms with Crippen molar-refractivity contribution < 1.29 is 4.79 Å². The maximum Gasteiger partial charge on any atom is 0.230 e. The largest absolute Gasteiger partial charge is 0.385 e. The predicted molar refractivity (Wildman–Crippen MR) is 78.3 cm³/mol. The minimum Gasteiger partial charge on any atom is -0.385 e. The first-order chi connectivity index (χ1) is 8.74. The molecule has 0 saturated carbocycles. The zero-order valence-electron chi connectivity index (χ0n) is 11.0. The molecule has 1 aliphatic heterocycles. The van der Waals surface area contributed by atoms with Gasteiger partial charge in [-0.15, -0.1) is 0 Å². The number of rotatable bonds is 4. The highest BCUT2D eigenvalue weighted by atomic mass is 32.2. The van der Waals surface area contributed by atoms with E-state index in [1.807, 2.05) is 24.1 Å². The molecule has 1 N–H and O–H groups in total. The average molecular weight is 264 g/mol. The molecule has 4 heteroatoms. The van der Waals surface area contributed by atoms with Gasteiger partial charge in [0, 0.05) is 31.6 Å². The number of amides is 1. The van der Waals surface area contributed by atoms with Gasteiger partial charge in [0.1, 0.15) is 0 Å². The third kappa shape index (κ3) is 2.80. The summed E-state index contributed by atoms with van der Waals surface area (Å²) >= 11 is 1.77. The van der Waals surface area contributed by atoms with Crippen molar-refractivity contribution in [1.82, 2.24) is 4.90 Å². The second-order valence-electron chi connectivity index (χ2n) is 4.61. The molecular weight excluding hydrogens is 244 g/mol. The number of fused-ring (bicyclic) bond motifs is 1. The van der Waals surface area contributed by atoms with Crippen molar-refractivity contribution in [2.45, 2.75) is 12.3 Å². The second kappa shape index (κ2) is 6.14. The Labute approximate surface area is 113 Å². The van der Waals surface area contributed by atoms with E-state index >= 15 is 0 Å². The van der Waals surface area contributed by atoms with Crippen molar-refractivity contribution >= 4 is 23.4 Å². The number of benzene rings is 1. The summed E-state index contributed by atoms with van der Waals surface area (Å²) in [7, 11) is 1.91. The number of nitrogens with zero attached hydrogens (tertiary/aromatic N) is 1. The van der Waals surface area contributed by atoms with Crippen LogP contribution >= 0.6 is 11.8 Å². The van der Waals surface area contributed by atoms with Gasteiger partial charge in [0.05, 0.1) is 5.92 Å². The first-order valence-electron chi connectivity index (χ1n) is 6.30. The van der Waals surface area contributed by atoms with Crippen molar-refractivity contribution in [1.29, 1.82) is 0 Å². The monoisotopic (exact) mass is 264 g/mol. The van der Waals surface area contributed by atoms with E-state index in [4.69, 9.17) is 0 Å². The number of carbonyl (C=O) groups is 1. The van der Waals surface area contributed by atoms with Gasteiger partial charge in [-0.1, -0.05) is 18.2 Å². The van der Waals surface area contributed by atoms with Crippen LogP contribution in [0.2, 0.25) is 0 Å². The lowest BCUT2D eigenvalue weighted by Gasteiger charge is -2.29. The van der Waals surface area contributed by atoms with Crippen LogP contribution in [0.1, 0.15) is 17.9 Å². The molecule has 1 aliphatic rings. The topological polar surface area (TPSA) is 32.3 Å². The number of thioether (sulfide) groups is 1. The summed E-state index contributed by atoms with van der Waals surface area (Å²) in [5.41, 5.74) is 2.25. The lowest BCUT2D eigenvalue weighted by Crippen LogP contribution is -2.36. The fraction of sp³-hybridized carbons (Fsp3) is 0.500. The minimum atomic E-state index is 0.0225. The molecule has 1 amide bonds. The number of para-hydroxylation sites is 1. The molecule has 1 atom stereocenters. The van der Waals surface area contributed by atoms with E-state index < -0.39 is 0 Å². The Bertz CT molecular complexity index is 422. The first kappa shape index (κ1) is 13.3. The predicted octanol–water partition coefficient (Wildman–Crippen LogP) is 2.41. The van der Waals surface area contributed by atoms with Gasteiger partial charge < -0.3 is 10.2 Å². The van der Waals surface area contributed by atoms with Gasteiger partial charge in [0.25, 0.3) is 0 Å². The molecule has 0 aliphatic carbocycles. The highest BCUT2D eigenvalue weighted by Crippen LogP contribution is 2.32. The highest BCUT2D eigenvalue weighted by molar-refractivity contribution is 7.98. The Kier molecular flexibility index (Phi) is 4.53. The third-order valence-electron chi connectivity index (χ3n) is 3.39. The smallest absolute Gasteiger partial charge is 0.230 e. The van der Waals surface area contributed by atoms with E-state index in [2.05, 4.69) is 23.7 Å². The number of carbonyl (C=O) groups excluding carboxylic acids is 1. The van der Waals surface area contributed by atoms with E-state index in [0.717, 1.165) is 36.5 Å². The van der Waals surface area contributed by atoms with Crippen LogP contribution in [0.5, 0.6) is 0 Å². The second-order valence-corrected chi connectivity index (χ2v) is 5.59. The van der Waals surface area contributed by atoms with Gasteiger partial charge in [-0.3, -0.25) is 4.79 Å². The van der Waals surface area contributed by atoms with Crippen molar-refractivity contribution in [2.75, 3.05) is 37.5 Å². The standard InChI is InChI=1S/C14H20N2OS/c1-16(9-10-18-2)14(17)12-7-8-15-13-6-4-3-5-11(12)13/h3-6,12,15H,7-10H2,1-2H3. The number of hydrogen-bond donors (Lipinski definition) is 1. The Hall–Kier alpha value is -1.16. The Morgan fingerprint density at radius 3 is 3.06 bits per heavy atom. The van der Waals surface area contributed by atoms with Crippen LogP contribution in [-0.2, 0) is 4.79 Å². The van der Waals surface area contributed by atoms with E-state index in [0.29, 0.717) is 0 Å². The molecule has 1 aromatic rings. The molecule has 0 radical (unpaired) electrons. The minimum absolute atomic E-state index is 0.0225. The van der Waals surface area contributed by atoms with Crippen LogP contribution in [0, 0.1) is 0 Å². The maximum absolute atomic E-state index is 12.5. The summed E-state index contributed by atoms with van der Waals surface area (Å²) in [6, 6.07) is 8.13. The maximum atomic E-state index is 12.5. The molecule has 98 valence electrons. The molecule has 0 saturated heterocycles. The zero-order chi connectivity index (χ0) is 13.0. The summed E-state index contributed by atoms with van der Waals surface area (Å²) < 4.78 is 0. The van der Waals surface area contributed by atoms with Crippen LogP contribution in [0.15, 0.2) is 24.3 Å². The number of anilines is 1. The Balaban J connectivity index is 2.12. The van der Waals surface area contributed by atoms with Crippen molar-refractivity contribution in [2.24, 2.45) is 0 Å². The van der Waals surface area contributed by atoms with E-state index in [1.54, 1.807) is 11.8 Å². The van der Waals surface area contributed by atoms with Crippen molar-refractivity contribution in [3.05, 3.63) is 29.8 Å².